The fourth-order valence-electron chi connectivity index (χ4n) is 2.89. The minimum atomic E-state index is 0.634. The first-order valence-corrected chi connectivity index (χ1v) is 7.40. The van der Waals surface area contributed by atoms with Crippen LogP contribution < -0.4 is 10.2 Å². The molecule has 0 aliphatic carbocycles. The number of piperidine rings is 1. The number of hydrogen-bond acceptors (Lipinski definition) is 3. The Morgan fingerprint density at radius 3 is 3.00 bits per heavy atom. The molecule has 0 amide bonds. The molecule has 1 aliphatic rings. The van der Waals surface area contributed by atoms with Crippen LogP contribution in [0.5, 0.6) is 0 Å². The number of anilines is 1. The molecule has 19 heavy (non-hydrogen) atoms. The van der Waals surface area contributed by atoms with Gasteiger partial charge in [0.05, 0.1) is 6.61 Å². The SMILES string of the molecule is CCNC1CCCN(c2ccccc2CCOC)C1. The summed E-state index contributed by atoms with van der Waals surface area (Å²) in [5.74, 6) is 0. The first kappa shape index (κ1) is 14.4. The molecular formula is C16H26N2O. The summed E-state index contributed by atoms with van der Waals surface area (Å²) in [5, 5.41) is 3.58. The first-order valence-electron chi connectivity index (χ1n) is 7.40. The zero-order valence-electron chi connectivity index (χ0n) is 12.2. The number of likely N-dealkylation sites (N-methyl/N-ethyl adjacent to an activating group) is 1. The van der Waals surface area contributed by atoms with Crippen molar-refractivity contribution in [3.8, 4) is 0 Å². The fraction of sp³-hybridized carbons (Fsp3) is 0.625. The van der Waals surface area contributed by atoms with Crippen molar-refractivity contribution in [2.75, 3.05) is 38.3 Å². The molecule has 0 radical (unpaired) electrons. The fourth-order valence-corrected chi connectivity index (χ4v) is 2.89. The minimum absolute atomic E-state index is 0.634. The second kappa shape index (κ2) is 7.51. The van der Waals surface area contributed by atoms with E-state index in [1.165, 1.54) is 30.6 Å². The van der Waals surface area contributed by atoms with Gasteiger partial charge < -0.3 is 15.0 Å². The number of para-hydroxylation sites is 1. The van der Waals surface area contributed by atoms with Crippen LogP contribution in [0.3, 0.4) is 0 Å². The van der Waals surface area contributed by atoms with E-state index >= 15 is 0 Å². The lowest BCUT2D eigenvalue weighted by Gasteiger charge is -2.36. The van der Waals surface area contributed by atoms with Gasteiger partial charge in [0.2, 0.25) is 0 Å². The summed E-state index contributed by atoms with van der Waals surface area (Å²) in [5.41, 5.74) is 2.80. The average Bonchev–Trinajstić information content (AvgIpc) is 2.46. The lowest BCUT2D eigenvalue weighted by Crippen LogP contribution is -2.46. The van der Waals surface area contributed by atoms with Crippen LogP contribution in [0.4, 0.5) is 5.69 Å². The number of ether oxygens (including phenoxy) is 1. The number of nitrogens with one attached hydrogen (secondary N) is 1. The second-order valence-electron chi connectivity index (χ2n) is 5.21. The Hall–Kier alpha value is -1.06. The highest BCUT2D eigenvalue weighted by Gasteiger charge is 2.20. The third-order valence-corrected chi connectivity index (χ3v) is 3.82. The van der Waals surface area contributed by atoms with Crippen molar-refractivity contribution in [2.24, 2.45) is 0 Å². The molecule has 0 spiro atoms. The molecule has 1 saturated heterocycles. The Kier molecular flexibility index (Phi) is 5.67. The van der Waals surface area contributed by atoms with Gasteiger partial charge in [0.25, 0.3) is 0 Å². The number of nitrogens with zero attached hydrogens (tertiary/aromatic N) is 1. The Bertz CT molecular complexity index is 379. The zero-order valence-corrected chi connectivity index (χ0v) is 12.2. The van der Waals surface area contributed by atoms with E-state index in [-0.39, 0.29) is 0 Å². The summed E-state index contributed by atoms with van der Waals surface area (Å²) >= 11 is 0. The molecule has 0 bridgehead atoms. The van der Waals surface area contributed by atoms with Crippen LogP contribution in [0.25, 0.3) is 0 Å². The van der Waals surface area contributed by atoms with E-state index in [9.17, 15) is 0 Å². The van der Waals surface area contributed by atoms with Crippen molar-refractivity contribution >= 4 is 5.69 Å². The second-order valence-corrected chi connectivity index (χ2v) is 5.21. The molecule has 1 aliphatic heterocycles. The largest absolute Gasteiger partial charge is 0.384 e. The van der Waals surface area contributed by atoms with Gasteiger partial charge in [-0.25, -0.2) is 0 Å². The molecule has 3 heteroatoms. The number of benzene rings is 1. The molecule has 1 atom stereocenters. The van der Waals surface area contributed by atoms with Crippen molar-refractivity contribution in [2.45, 2.75) is 32.2 Å². The molecule has 0 aromatic heterocycles. The summed E-state index contributed by atoms with van der Waals surface area (Å²) in [4.78, 5) is 2.53. The topological polar surface area (TPSA) is 24.5 Å². The van der Waals surface area contributed by atoms with E-state index in [0.29, 0.717) is 6.04 Å². The molecule has 106 valence electrons. The van der Waals surface area contributed by atoms with Crippen molar-refractivity contribution in [1.82, 2.24) is 5.32 Å². The van der Waals surface area contributed by atoms with Crippen molar-refractivity contribution in [3.63, 3.8) is 0 Å². The molecular weight excluding hydrogens is 236 g/mol. The quantitative estimate of drug-likeness (QED) is 0.852. The third-order valence-electron chi connectivity index (χ3n) is 3.82. The minimum Gasteiger partial charge on any atom is -0.384 e. The van der Waals surface area contributed by atoms with Crippen LogP contribution in [-0.4, -0.2) is 39.4 Å². The predicted molar refractivity (Wildman–Crippen MR) is 80.9 cm³/mol. The summed E-state index contributed by atoms with van der Waals surface area (Å²) in [7, 11) is 1.77. The Balaban J connectivity index is 2.07. The van der Waals surface area contributed by atoms with Crippen LogP contribution in [0.2, 0.25) is 0 Å². The van der Waals surface area contributed by atoms with Crippen LogP contribution in [0.15, 0.2) is 24.3 Å². The van der Waals surface area contributed by atoms with E-state index in [4.69, 9.17) is 4.74 Å². The van der Waals surface area contributed by atoms with E-state index < -0.39 is 0 Å². The monoisotopic (exact) mass is 262 g/mol. The summed E-state index contributed by atoms with van der Waals surface area (Å²) in [6, 6.07) is 9.38. The maximum atomic E-state index is 5.22. The van der Waals surface area contributed by atoms with Gasteiger partial charge in [0, 0.05) is 31.9 Å². The van der Waals surface area contributed by atoms with E-state index in [2.05, 4.69) is 41.4 Å². The van der Waals surface area contributed by atoms with Gasteiger partial charge in [-0.2, -0.15) is 0 Å². The maximum absolute atomic E-state index is 5.22. The molecule has 1 N–H and O–H groups in total. The van der Waals surface area contributed by atoms with Gasteiger partial charge in [0.1, 0.15) is 0 Å². The average molecular weight is 262 g/mol. The molecule has 2 rings (SSSR count). The number of hydrogen-bond donors (Lipinski definition) is 1. The van der Waals surface area contributed by atoms with Gasteiger partial charge in [-0.1, -0.05) is 25.1 Å². The van der Waals surface area contributed by atoms with Crippen LogP contribution in [-0.2, 0) is 11.2 Å². The molecule has 0 saturated carbocycles. The van der Waals surface area contributed by atoms with Crippen LogP contribution in [0, 0.1) is 0 Å². The molecule has 3 nitrogen and oxygen atoms in total. The normalized spacial score (nSPS) is 19.7. The molecule has 1 aromatic rings. The Morgan fingerprint density at radius 2 is 2.21 bits per heavy atom. The van der Waals surface area contributed by atoms with Gasteiger partial charge in [-0.15, -0.1) is 0 Å². The zero-order chi connectivity index (χ0) is 13.5. The standard InChI is InChI=1S/C16H26N2O/c1-3-17-15-8-6-11-18(13-15)16-9-5-4-7-14(16)10-12-19-2/h4-5,7,9,15,17H,3,6,8,10-13H2,1-2H3. The molecule has 1 heterocycles. The summed E-state index contributed by atoms with van der Waals surface area (Å²) < 4.78 is 5.22. The van der Waals surface area contributed by atoms with E-state index in [0.717, 1.165) is 26.1 Å². The van der Waals surface area contributed by atoms with Crippen molar-refractivity contribution in [3.05, 3.63) is 29.8 Å². The number of rotatable bonds is 6. The molecule has 1 aromatic carbocycles. The Morgan fingerprint density at radius 1 is 1.37 bits per heavy atom. The molecule has 1 unspecified atom stereocenters. The van der Waals surface area contributed by atoms with Crippen LogP contribution in [0.1, 0.15) is 25.3 Å². The highest BCUT2D eigenvalue weighted by molar-refractivity contribution is 5.54. The lowest BCUT2D eigenvalue weighted by molar-refractivity contribution is 0.202. The predicted octanol–water partition coefficient (Wildman–Crippen LogP) is 2.45. The van der Waals surface area contributed by atoms with E-state index in [1.54, 1.807) is 7.11 Å². The first-order chi connectivity index (χ1) is 9.35. The summed E-state index contributed by atoms with van der Waals surface area (Å²) in [6.45, 7) is 6.33. The van der Waals surface area contributed by atoms with Gasteiger partial charge in [-0.05, 0) is 37.4 Å². The van der Waals surface area contributed by atoms with Crippen molar-refractivity contribution < 1.29 is 4.74 Å². The van der Waals surface area contributed by atoms with E-state index in [1.807, 2.05) is 0 Å². The lowest BCUT2D eigenvalue weighted by atomic mass is 10.0. The molecule has 1 fully saturated rings. The highest BCUT2D eigenvalue weighted by Crippen LogP contribution is 2.24. The van der Waals surface area contributed by atoms with Gasteiger partial charge in [-0.3, -0.25) is 0 Å². The summed E-state index contributed by atoms with van der Waals surface area (Å²) in [6.07, 6.45) is 3.57. The maximum Gasteiger partial charge on any atom is 0.0503 e. The van der Waals surface area contributed by atoms with Gasteiger partial charge >= 0.3 is 0 Å². The smallest absolute Gasteiger partial charge is 0.0503 e. The third kappa shape index (κ3) is 3.95. The Labute approximate surface area is 116 Å². The van der Waals surface area contributed by atoms with Gasteiger partial charge in [0.15, 0.2) is 0 Å². The van der Waals surface area contributed by atoms with Crippen LogP contribution >= 0.6 is 0 Å². The highest BCUT2D eigenvalue weighted by atomic mass is 16.5. The number of methoxy groups -OCH3 is 1. The van der Waals surface area contributed by atoms with Crippen molar-refractivity contribution in [1.29, 1.82) is 0 Å².